The number of nitrogens with one attached hydrogen (secondary N) is 1. The van der Waals surface area contributed by atoms with Crippen LogP contribution >= 0.6 is 0 Å². The molecule has 0 bridgehead atoms. The number of anilines is 1. The van der Waals surface area contributed by atoms with E-state index in [4.69, 9.17) is 4.74 Å². The van der Waals surface area contributed by atoms with E-state index in [1.165, 1.54) is 9.21 Å². The molecule has 2 rings (SSSR count). The maximum absolute atomic E-state index is 14.4. The molecule has 1 N–H and O–H groups in total. The number of hydrogen-bond donors (Lipinski definition) is 1. The fraction of sp³-hybridized carbons (Fsp3) is 0.417. The second-order valence-corrected chi connectivity index (χ2v) is 10.7. The van der Waals surface area contributed by atoms with Crippen LogP contribution in [0.2, 0.25) is 0 Å². The molecule has 2 aromatic carbocycles. The molecule has 0 aliphatic rings. The minimum Gasteiger partial charge on any atom is -0.444 e. The molecule has 0 fully saturated rings. The molecule has 186 valence electrons. The third kappa shape index (κ3) is 7.01. The van der Waals surface area contributed by atoms with E-state index in [1.54, 1.807) is 65.9 Å². The number of nitrogens with zero attached hydrogens (tertiary/aromatic N) is 2. The van der Waals surface area contributed by atoms with Gasteiger partial charge in [0, 0.05) is 32.4 Å². The number of halogens is 1. The summed E-state index contributed by atoms with van der Waals surface area (Å²) >= 11 is 0. The average molecular weight is 494 g/mol. The molecule has 0 aliphatic carbocycles. The maximum atomic E-state index is 14.4. The van der Waals surface area contributed by atoms with Crippen molar-refractivity contribution in [2.75, 3.05) is 25.5 Å². The Morgan fingerprint density at radius 1 is 1.06 bits per heavy atom. The fourth-order valence-corrected chi connectivity index (χ4v) is 4.66. The van der Waals surface area contributed by atoms with Crippen LogP contribution in [0.1, 0.15) is 50.5 Å². The van der Waals surface area contributed by atoms with Crippen LogP contribution in [0.25, 0.3) is 0 Å². The molecule has 0 aromatic heterocycles. The van der Waals surface area contributed by atoms with Crippen molar-refractivity contribution in [2.45, 2.75) is 51.7 Å². The molecular weight excluding hydrogens is 461 g/mol. The number of ether oxygens (including phenoxy) is 1. The van der Waals surface area contributed by atoms with Crippen molar-refractivity contribution in [1.82, 2.24) is 9.21 Å². The Morgan fingerprint density at radius 3 is 2.29 bits per heavy atom. The predicted molar refractivity (Wildman–Crippen MR) is 129 cm³/mol. The highest BCUT2D eigenvalue weighted by molar-refractivity contribution is 7.89. The predicted octanol–water partition coefficient (Wildman–Crippen LogP) is 4.48. The van der Waals surface area contributed by atoms with Gasteiger partial charge in [-0.15, -0.1) is 0 Å². The van der Waals surface area contributed by atoms with Gasteiger partial charge in [-0.3, -0.25) is 4.79 Å². The zero-order valence-corrected chi connectivity index (χ0v) is 21.2. The molecule has 0 saturated heterocycles. The van der Waals surface area contributed by atoms with E-state index >= 15 is 0 Å². The van der Waals surface area contributed by atoms with Crippen molar-refractivity contribution in [1.29, 1.82) is 0 Å². The minimum absolute atomic E-state index is 0.157. The molecule has 34 heavy (non-hydrogen) atoms. The average Bonchev–Trinajstić information content (AvgIpc) is 2.73. The van der Waals surface area contributed by atoms with E-state index in [2.05, 4.69) is 5.32 Å². The normalized spacial score (nSPS) is 11.9. The zero-order valence-electron chi connectivity index (χ0n) is 20.4. The van der Waals surface area contributed by atoms with Gasteiger partial charge in [0.2, 0.25) is 10.0 Å². The summed E-state index contributed by atoms with van der Waals surface area (Å²) in [7, 11) is -2.26. The van der Waals surface area contributed by atoms with Crippen LogP contribution in [0.4, 0.5) is 14.9 Å². The van der Waals surface area contributed by atoms with E-state index in [-0.39, 0.29) is 30.1 Å². The van der Waals surface area contributed by atoms with Crippen LogP contribution in [0.5, 0.6) is 0 Å². The summed E-state index contributed by atoms with van der Waals surface area (Å²) in [6, 6.07) is 9.87. The van der Waals surface area contributed by atoms with Gasteiger partial charge < -0.3 is 15.0 Å². The first-order valence-electron chi connectivity index (χ1n) is 10.9. The van der Waals surface area contributed by atoms with Crippen LogP contribution in [0.15, 0.2) is 47.4 Å². The molecule has 2 aromatic rings. The molecule has 0 heterocycles. The summed E-state index contributed by atoms with van der Waals surface area (Å²) in [4.78, 5) is 26.2. The minimum atomic E-state index is -3.85. The first-order chi connectivity index (χ1) is 15.8. The summed E-state index contributed by atoms with van der Waals surface area (Å²) < 4.78 is 46.5. The van der Waals surface area contributed by atoms with Crippen molar-refractivity contribution in [3.05, 3.63) is 59.4 Å². The van der Waals surface area contributed by atoms with Gasteiger partial charge in [0.15, 0.2) is 0 Å². The van der Waals surface area contributed by atoms with Crippen molar-refractivity contribution in [2.24, 2.45) is 0 Å². The van der Waals surface area contributed by atoms with E-state index in [0.717, 1.165) is 18.2 Å². The molecule has 0 radical (unpaired) electrons. The van der Waals surface area contributed by atoms with Crippen molar-refractivity contribution < 1.29 is 27.1 Å². The fourth-order valence-electron chi connectivity index (χ4n) is 3.18. The number of amides is 2. The summed E-state index contributed by atoms with van der Waals surface area (Å²) in [5.74, 6) is -1.62. The van der Waals surface area contributed by atoms with Gasteiger partial charge in [0.25, 0.3) is 5.91 Å². The molecule has 0 saturated carbocycles. The quantitative estimate of drug-likeness (QED) is 0.585. The first kappa shape index (κ1) is 27.3. The van der Waals surface area contributed by atoms with Crippen molar-refractivity contribution >= 4 is 27.7 Å². The Balaban J connectivity index is 2.21. The second-order valence-electron chi connectivity index (χ2n) is 8.72. The van der Waals surface area contributed by atoms with Gasteiger partial charge in [-0.25, -0.2) is 17.6 Å². The third-order valence-electron chi connectivity index (χ3n) is 4.84. The monoisotopic (exact) mass is 493 g/mol. The highest BCUT2D eigenvalue weighted by Crippen LogP contribution is 2.21. The molecule has 0 spiro atoms. The number of hydrogen-bond acceptors (Lipinski definition) is 5. The van der Waals surface area contributed by atoms with Gasteiger partial charge in [0.1, 0.15) is 11.4 Å². The Bertz CT molecular complexity index is 1140. The lowest BCUT2D eigenvalue weighted by atomic mass is 10.1. The molecule has 10 heteroatoms. The van der Waals surface area contributed by atoms with Crippen LogP contribution in [-0.2, 0) is 21.3 Å². The number of carbonyl (C=O) groups excluding carboxylic acids is 2. The molecule has 0 atom stereocenters. The SMILES string of the molecule is CCN(CC)S(=O)(=O)c1ccc(F)c(C(=O)Nc2cccc(CN(C)C(=O)OC(C)(C)C)c2)c1. The summed E-state index contributed by atoms with van der Waals surface area (Å²) in [5, 5.41) is 2.59. The second kappa shape index (κ2) is 11.0. The third-order valence-corrected chi connectivity index (χ3v) is 6.88. The van der Waals surface area contributed by atoms with Gasteiger partial charge in [-0.1, -0.05) is 26.0 Å². The lowest BCUT2D eigenvalue weighted by molar-refractivity contribution is 0.0285. The van der Waals surface area contributed by atoms with Gasteiger partial charge >= 0.3 is 6.09 Å². The maximum Gasteiger partial charge on any atom is 0.410 e. The summed E-state index contributed by atoms with van der Waals surface area (Å²) in [6.07, 6.45) is -0.491. The van der Waals surface area contributed by atoms with E-state index in [9.17, 15) is 22.4 Å². The smallest absolute Gasteiger partial charge is 0.410 e. The molecule has 0 unspecified atom stereocenters. The van der Waals surface area contributed by atoms with Crippen LogP contribution < -0.4 is 5.32 Å². The number of benzene rings is 2. The van der Waals surface area contributed by atoms with E-state index in [0.29, 0.717) is 11.3 Å². The lowest BCUT2D eigenvalue weighted by Gasteiger charge is -2.24. The highest BCUT2D eigenvalue weighted by Gasteiger charge is 2.24. The molecule has 2 amide bonds. The Hall–Kier alpha value is -2.98. The summed E-state index contributed by atoms with van der Waals surface area (Å²) in [5.41, 5.74) is 0.0731. The Morgan fingerprint density at radius 2 is 1.71 bits per heavy atom. The van der Waals surface area contributed by atoms with E-state index < -0.39 is 33.4 Å². The number of rotatable bonds is 8. The van der Waals surface area contributed by atoms with Crippen LogP contribution in [0, 0.1) is 5.82 Å². The van der Waals surface area contributed by atoms with Crippen molar-refractivity contribution in [3.63, 3.8) is 0 Å². The van der Waals surface area contributed by atoms with Crippen molar-refractivity contribution in [3.8, 4) is 0 Å². The number of sulfonamides is 1. The Kier molecular flexibility index (Phi) is 8.79. The van der Waals surface area contributed by atoms with E-state index in [1.807, 2.05) is 0 Å². The standard InChI is InChI=1S/C24H32FN3O5S/c1-7-28(8-2)34(31,32)19-12-13-21(25)20(15-19)22(29)26-18-11-9-10-17(14-18)16-27(6)23(30)33-24(3,4)5/h9-15H,7-8,16H2,1-6H3,(H,26,29). The topological polar surface area (TPSA) is 96.0 Å². The van der Waals surface area contributed by atoms with Gasteiger partial charge in [-0.2, -0.15) is 4.31 Å². The molecule has 8 nitrogen and oxygen atoms in total. The highest BCUT2D eigenvalue weighted by atomic mass is 32.2. The van der Waals surface area contributed by atoms with Gasteiger partial charge in [-0.05, 0) is 56.7 Å². The molecular formula is C24H32FN3O5S. The Labute approximate surface area is 200 Å². The molecule has 0 aliphatic heterocycles. The van der Waals surface area contributed by atoms with Crippen LogP contribution in [0.3, 0.4) is 0 Å². The summed E-state index contributed by atoms with van der Waals surface area (Å²) in [6.45, 7) is 9.45. The van der Waals surface area contributed by atoms with Gasteiger partial charge in [0.05, 0.1) is 10.5 Å². The largest absolute Gasteiger partial charge is 0.444 e. The first-order valence-corrected chi connectivity index (χ1v) is 12.4. The zero-order chi connectivity index (χ0) is 25.7. The number of carbonyl (C=O) groups is 2. The van der Waals surface area contributed by atoms with Crippen LogP contribution in [-0.4, -0.2) is 55.4 Å². The lowest BCUT2D eigenvalue weighted by Crippen LogP contribution is -2.33.